The highest BCUT2D eigenvalue weighted by Gasteiger charge is 2.00. The van der Waals surface area contributed by atoms with Crippen molar-refractivity contribution in [2.45, 2.75) is 26.4 Å². The van der Waals surface area contributed by atoms with Crippen molar-refractivity contribution in [3.05, 3.63) is 54.4 Å². The Bertz CT molecular complexity index is 647. The molecule has 2 rings (SSSR count). The van der Waals surface area contributed by atoms with Crippen LogP contribution in [0.15, 0.2) is 53.8 Å². The summed E-state index contributed by atoms with van der Waals surface area (Å²) >= 11 is 0. The van der Waals surface area contributed by atoms with Gasteiger partial charge in [-0.1, -0.05) is 12.1 Å². The maximum Gasteiger partial charge on any atom is 0.191 e. The quantitative estimate of drug-likeness (QED) is 0.222. The summed E-state index contributed by atoms with van der Waals surface area (Å²) in [5.41, 5.74) is 1.12. The number of nitrogens with one attached hydrogen (secondary N) is 2. The van der Waals surface area contributed by atoms with Crippen LogP contribution in [0.5, 0.6) is 5.75 Å². The molecule has 0 unspecified atom stereocenters. The molecule has 0 aliphatic rings. The minimum atomic E-state index is 0. The lowest BCUT2D eigenvalue weighted by Gasteiger charge is -2.12. The van der Waals surface area contributed by atoms with E-state index in [4.69, 9.17) is 9.47 Å². The van der Waals surface area contributed by atoms with Crippen molar-refractivity contribution in [3.63, 3.8) is 0 Å². The van der Waals surface area contributed by atoms with Crippen molar-refractivity contribution >= 4 is 29.9 Å². The van der Waals surface area contributed by atoms with Crippen LogP contribution in [0.1, 0.15) is 18.9 Å². The first kappa shape index (κ1) is 23.3. The van der Waals surface area contributed by atoms with Crippen molar-refractivity contribution < 1.29 is 9.47 Å². The second kappa shape index (κ2) is 14.3. The molecule has 2 aromatic rings. The first-order chi connectivity index (χ1) is 12.8. The van der Waals surface area contributed by atoms with Gasteiger partial charge in [0.15, 0.2) is 5.96 Å². The third-order valence-electron chi connectivity index (χ3n) is 3.75. The number of halogens is 1. The molecule has 6 nitrogen and oxygen atoms in total. The molecule has 7 heteroatoms. The Hall–Kier alpha value is -1.74. The molecule has 2 N–H and O–H groups in total. The minimum absolute atomic E-state index is 0. The molecule has 0 spiro atoms. The number of nitrogens with zero attached hydrogens (tertiary/aromatic N) is 2. The van der Waals surface area contributed by atoms with Crippen LogP contribution in [0.3, 0.4) is 0 Å². The van der Waals surface area contributed by atoms with Crippen LogP contribution < -0.4 is 15.4 Å². The van der Waals surface area contributed by atoms with Gasteiger partial charge in [-0.2, -0.15) is 0 Å². The highest BCUT2D eigenvalue weighted by molar-refractivity contribution is 14.0. The standard InChI is InChI=1S/C20H30N4O2.HI/c1-3-21-20(22-10-13-24-11-4-5-12-24)23-17-18-8-6-9-19(16-18)26-15-7-14-25-2;/h4-6,8-9,11-12,16H,3,7,10,13-15,17H2,1-2H3,(H2,21,22,23);1H. The van der Waals surface area contributed by atoms with E-state index >= 15 is 0 Å². The number of hydrogen-bond donors (Lipinski definition) is 2. The molecule has 0 bridgehead atoms. The van der Waals surface area contributed by atoms with Crippen molar-refractivity contribution in [1.82, 2.24) is 15.2 Å². The Labute approximate surface area is 179 Å². The second-order valence-corrected chi connectivity index (χ2v) is 5.89. The molecule has 1 heterocycles. The molecule has 27 heavy (non-hydrogen) atoms. The van der Waals surface area contributed by atoms with Crippen LogP contribution >= 0.6 is 24.0 Å². The Balaban J connectivity index is 0.00000364. The van der Waals surface area contributed by atoms with Crippen LogP contribution in [-0.4, -0.2) is 43.9 Å². The van der Waals surface area contributed by atoms with E-state index in [-0.39, 0.29) is 24.0 Å². The predicted molar refractivity (Wildman–Crippen MR) is 121 cm³/mol. The van der Waals surface area contributed by atoms with E-state index in [0.717, 1.165) is 43.3 Å². The van der Waals surface area contributed by atoms with Crippen molar-refractivity contribution in [2.75, 3.05) is 33.4 Å². The van der Waals surface area contributed by atoms with Gasteiger partial charge in [-0.05, 0) is 36.8 Å². The summed E-state index contributed by atoms with van der Waals surface area (Å²) in [6.07, 6.45) is 5.00. The molecule has 0 aliphatic carbocycles. The zero-order valence-corrected chi connectivity index (χ0v) is 18.5. The fraction of sp³-hybridized carbons (Fsp3) is 0.450. The molecule has 0 aliphatic heterocycles. The van der Waals surface area contributed by atoms with Crippen molar-refractivity contribution in [2.24, 2.45) is 4.99 Å². The number of hydrogen-bond acceptors (Lipinski definition) is 3. The average Bonchev–Trinajstić information content (AvgIpc) is 3.17. The largest absolute Gasteiger partial charge is 0.493 e. The first-order valence-electron chi connectivity index (χ1n) is 9.15. The highest BCUT2D eigenvalue weighted by atomic mass is 127. The van der Waals surface area contributed by atoms with Gasteiger partial charge in [-0.3, -0.25) is 0 Å². The normalized spacial score (nSPS) is 11.0. The van der Waals surface area contributed by atoms with Gasteiger partial charge in [-0.25, -0.2) is 4.99 Å². The number of rotatable bonds is 11. The SMILES string of the molecule is CCNC(=NCc1cccc(OCCCOC)c1)NCCn1cccc1.I. The van der Waals surface area contributed by atoms with Gasteiger partial charge >= 0.3 is 0 Å². The average molecular weight is 486 g/mol. The minimum Gasteiger partial charge on any atom is -0.493 e. The molecular weight excluding hydrogens is 455 g/mol. The van der Waals surface area contributed by atoms with E-state index in [1.54, 1.807) is 7.11 Å². The highest BCUT2D eigenvalue weighted by Crippen LogP contribution is 2.14. The molecule has 0 radical (unpaired) electrons. The van der Waals surface area contributed by atoms with Crippen molar-refractivity contribution in [3.8, 4) is 5.75 Å². The fourth-order valence-corrected chi connectivity index (χ4v) is 2.46. The topological polar surface area (TPSA) is 59.8 Å². The molecule has 150 valence electrons. The summed E-state index contributed by atoms with van der Waals surface area (Å²) in [7, 11) is 1.70. The maximum absolute atomic E-state index is 5.75. The molecule has 1 aromatic carbocycles. The lowest BCUT2D eigenvalue weighted by Crippen LogP contribution is -2.38. The molecule has 0 saturated carbocycles. The Morgan fingerprint density at radius 2 is 1.93 bits per heavy atom. The summed E-state index contributed by atoms with van der Waals surface area (Å²) in [6, 6.07) is 12.1. The van der Waals surface area contributed by atoms with E-state index in [2.05, 4.69) is 45.6 Å². The molecule has 0 amide bonds. The third kappa shape index (κ3) is 9.67. The molecule has 0 atom stereocenters. The number of aliphatic imine (C=N–C) groups is 1. The zero-order valence-electron chi connectivity index (χ0n) is 16.2. The lowest BCUT2D eigenvalue weighted by molar-refractivity contribution is 0.172. The van der Waals surface area contributed by atoms with Gasteiger partial charge in [0.2, 0.25) is 0 Å². The molecule has 0 fully saturated rings. The number of aromatic nitrogens is 1. The van der Waals surface area contributed by atoms with Crippen molar-refractivity contribution in [1.29, 1.82) is 0 Å². The van der Waals surface area contributed by atoms with Gasteiger partial charge in [0, 0.05) is 52.2 Å². The van der Waals surface area contributed by atoms with Gasteiger partial charge < -0.3 is 24.7 Å². The number of methoxy groups -OCH3 is 1. The third-order valence-corrected chi connectivity index (χ3v) is 3.75. The summed E-state index contributed by atoms with van der Waals surface area (Å²) in [5.74, 6) is 1.70. The van der Waals surface area contributed by atoms with Crippen LogP contribution in [0, 0.1) is 0 Å². The monoisotopic (exact) mass is 486 g/mol. The summed E-state index contributed by atoms with van der Waals surface area (Å²) in [6.45, 7) is 6.60. The van der Waals surface area contributed by atoms with Gasteiger partial charge in [0.1, 0.15) is 5.75 Å². The van der Waals surface area contributed by atoms with E-state index in [1.165, 1.54) is 0 Å². The second-order valence-electron chi connectivity index (χ2n) is 5.89. The smallest absolute Gasteiger partial charge is 0.191 e. The van der Waals surface area contributed by atoms with Gasteiger partial charge in [0.25, 0.3) is 0 Å². The number of ether oxygens (including phenoxy) is 2. The summed E-state index contributed by atoms with van der Waals surface area (Å²) in [4.78, 5) is 4.66. The Morgan fingerprint density at radius 3 is 2.67 bits per heavy atom. The van der Waals surface area contributed by atoms with Crippen LogP contribution in [0.25, 0.3) is 0 Å². The van der Waals surface area contributed by atoms with E-state index < -0.39 is 0 Å². The van der Waals surface area contributed by atoms with E-state index in [0.29, 0.717) is 19.8 Å². The first-order valence-corrected chi connectivity index (χ1v) is 9.15. The molecule has 0 saturated heterocycles. The summed E-state index contributed by atoms with van der Waals surface area (Å²) in [5, 5.41) is 6.65. The van der Waals surface area contributed by atoms with E-state index in [9.17, 15) is 0 Å². The van der Waals surface area contributed by atoms with E-state index in [1.807, 2.05) is 30.3 Å². The lowest BCUT2D eigenvalue weighted by atomic mass is 10.2. The summed E-state index contributed by atoms with van der Waals surface area (Å²) < 4.78 is 12.9. The van der Waals surface area contributed by atoms with Crippen LogP contribution in [0.2, 0.25) is 0 Å². The number of guanidine groups is 1. The van der Waals surface area contributed by atoms with Gasteiger partial charge in [0.05, 0.1) is 13.2 Å². The fourth-order valence-electron chi connectivity index (χ4n) is 2.46. The van der Waals surface area contributed by atoms with Crippen LogP contribution in [-0.2, 0) is 17.8 Å². The Morgan fingerprint density at radius 1 is 1.11 bits per heavy atom. The molecular formula is C20H31IN4O2. The maximum atomic E-state index is 5.75. The number of benzene rings is 1. The van der Waals surface area contributed by atoms with Crippen LogP contribution in [0.4, 0.5) is 0 Å². The zero-order chi connectivity index (χ0) is 18.5. The molecule has 1 aromatic heterocycles. The predicted octanol–water partition coefficient (Wildman–Crippen LogP) is 3.28. The Kier molecular flexibility index (Phi) is 12.4. The van der Waals surface area contributed by atoms with Gasteiger partial charge in [-0.15, -0.1) is 24.0 Å².